The van der Waals surface area contributed by atoms with Crippen molar-refractivity contribution in [2.75, 3.05) is 48.3 Å². The molecule has 0 unspecified atom stereocenters. The highest BCUT2D eigenvalue weighted by Crippen LogP contribution is 2.31. The zero-order valence-electron chi connectivity index (χ0n) is 20.3. The van der Waals surface area contributed by atoms with E-state index in [1.54, 1.807) is 6.07 Å². The fraction of sp³-hybridized carbons (Fsp3) is 0.481. The summed E-state index contributed by atoms with van der Waals surface area (Å²) in [5.74, 6) is 1.39. The van der Waals surface area contributed by atoms with E-state index in [1.165, 1.54) is 6.42 Å². The molecule has 2 fully saturated rings. The van der Waals surface area contributed by atoms with Gasteiger partial charge in [-0.1, -0.05) is 19.1 Å². The Morgan fingerprint density at radius 1 is 0.971 bits per heavy atom. The maximum Gasteiger partial charge on any atom is 0.323 e. The first-order valence-corrected chi connectivity index (χ1v) is 12.5. The Balaban J connectivity index is 1.54. The van der Waals surface area contributed by atoms with Crippen molar-refractivity contribution in [1.82, 2.24) is 4.90 Å². The van der Waals surface area contributed by atoms with Crippen LogP contribution in [0.2, 0.25) is 0 Å². The summed E-state index contributed by atoms with van der Waals surface area (Å²) in [5.41, 5.74) is 2.84. The monoisotopic (exact) mass is 464 g/mol. The lowest BCUT2D eigenvalue weighted by atomic mass is 9.97. The van der Waals surface area contributed by atoms with Crippen LogP contribution in [0.15, 0.2) is 42.5 Å². The number of rotatable bonds is 6. The molecule has 7 heteroatoms. The molecule has 2 N–H and O–H groups in total. The van der Waals surface area contributed by atoms with Gasteiger partial charge in [0.05, 0.1) is 17.9 Å². The molecular formula is C27H36N4O3. The average Bonchev–Trinajstić information content (AvgIpc) is 2.86. The van der Waals surface area contributed by atoms with Crippen LogP contribution in [0.25, 0.3) is 0 Å². The average molecular weight is 465 g/mol. The zero-order chi connectivity index (χ0) is 23.9. The second-order valence-electron chi connectivity index (χ2n) is 9.26. The van der Waals surface area contributed by atoms with Gasteiger partial charge in [0.15, 0.2) is 0 Å². The third-order valence-electron chi connectivity index (χ3n) is 6.69. The van der Waals surface area contributed by atoms with Crippen molar-refractivity contribution in [3.63, 3.8) is 0 Å². The Morgan fingerprint density at radius 2 is 1.71 bits per heavy atom. The summed E-state index contributed by atoms with van der Waals surface area (Å²) in [6, 6.07) is 12.7. The molecule has 0 aromatic heterocycles. The SMILES string of the molecule is CCOc1ccccc1NC(=O)Nc1ccc(N2CCC(C)CC2)c(C(=O)N2CCCCC2)c1. The van der Waals surface area contributed by atoms with Gasteiger partial charge in [-0.15, -0.1) is 0 Å². The molecule has 0 radical (unpaired) electrons. The lowest BCUT2D eigenvalue weighted by Gasteiger charge is -2.35. The van der Waals surface area contributed by atoms with Crippen LogP contribution in [-0.2, 0) is 0 Å². The quantitative estimate of drug-likeness (QED) is 0.584. The van der Waals surface area contributed by atoms with Crippen molar-refractivity contribution in [2.24, 2.45) is 5.92 Å². The third-order valence-corrected chi connectivity index (χ3v) is 6.69. The van der Waals surface area contributed by atoms with E-state index >= 15 is 0 Å². The second kappa shape index (κ2) is 11.3. The van der Waals surface area contributed by atoms with Crippen molar-refractivity contribution in [3.05, 3.63) is 48.0 Å². The van der Waals surface area contributed by atoms with Crippen LogP contribution in [0.3, 0.4) is 0 Å². The van der Waals surface area contributed by atoms with Crippen LogP contribution in [0, 0.1) is 5.92 Å². The molecule has 2 heterocycles. The van der Waals surface area contributed by atoms with E-state index < -0.39 is 0 Å². The van der Waals surface area contributed by atoms with Gasteiger partial charge in [0.1, 0.15) is 5.75 Å². The van der Waals surface area contributed by atoms with Crippen LogP contribution in [-0.4, -0.2) is 49.6 Å². The first-order valence-electron chi connectivity index (χ1n) is 12.5. The molecule has 2 saturated heterocycles. The molecule has 7 nitrogen and oxygen atoms in total. The zero-order valence-corrected chi connectivity index (χ0v) is 20.3. The molecule has 0 bridgehead atoms. The van der Waals surface area contributed by atoms with Crippen LogP contribution >= 0.6 is 0 Å². The highest BCUT2D eigenvalue weighted by Gasteiger charge is 2.25. The number of hydrogen-bond donors (Lipinski definition) is 2. The maximum atomic E-state index is 13.5. The summed E-state index contributed by atoms with van der Waals surface area (Å²) in [6.45, 7) is 8.18. The van der Waals surface area contributed by atoms with E-state index in [1.807, 2.05) is 48.2 Å². The Labute approximate surface area is 202 Å². The van der Waals surface area contributed by atoms with Gasteiger partial charge in [-0.25, -0.2) is 4.79 Å². The largest absolute Gasteiger partial charge is 0.492 e. The van der Waals surface area contributed by atoms with Crippen LogP contribution in [0.1, 0.15) is 56.3 Å². The van der Waals surface area contributed by atoms with Crippen molar-refractivity contribution in [3.8, 4) is 5.75 Å². The van der Waals surface area contributed by atoms with E-state index in [2.05, 4.69) is 22.5 Å². The topological polar surface area (TPSA) is 73.9 Å². The van der Waals surface area contributed by atoms with Gasteiger partial charge in [-0.05, 0) is 75.3 Å². The van der Waals surface area contributed by atoms with Gasteiger partial charge >= 0.3 is 6.03 Å². The second-order valence-corrected chi connectivity index (χ2v) is 9.26. The molecule has 34 heavy (non-hydrogen) atoms. The van der Waals surface area contributed by atoms with Crippen molar-refractivity contribution in [1.29, 1.82) is 0 Å². The number of anilines is 3. The predicted molar refractivity (Wildman–Crippen MR) is 137 cm³/mol. The fourth-order valence-electron chi connectivity index (χ4n) is 4.71. The van der Waals surface area contributed by atoms with Gasteiger partial charge in [0, 0.05) is 37.6 Å². The summed E-state index contributed by atoms with van der Waals surface area (Å²) in [5, 5.41) is 5.76. The van der Waals surface area contributed by atoms with E-state index in [9.17, 15) is 9.59 Å². The number of benzene rings is 2. The summed E-state index contributed by atoms with van der Waals surface area (Å²) < 4.78 is 5.60. The van der Waals surface area contributed by atoms with E-state index in [0.717, 1.165) is 57.5 Å². The van der Waals surface area contributed by atoms with Gasteiger partial charge in [0.25, 0.3) is 5.91 Å². The number of nitrogens with zero attached hydrogens (tertiary/aromatic N) is 2. The number of likely N-dealkylation sites (tertiary alicyclic amines) is 1. The number of amides is 3. The Kier molecular flexibility index (Phi) is 7.93. The fourth-order valence-corrected chi connectivity index (χ4v) is 4.71. The maximum absolute atomic E-state index is 13.5. The normalized spacial score (nSPS) is 16.8. The lowest BCUT2D eigenvalue weighted by Crippen LogP contribution is -2.38. The van der Waals surface area contributed by atoms with Crippen LogP contribution < -0.4 is 20.3 Å². The highest BCUT2D eigenvalue weighted by molar-refractivity contribution is 6.04. The molecule has 4 rings (SSSR count). The minimum Gasteiger partial charge on any atom is -0.492 e. The molecule has 3 amide bonds. The highest BCUT2D eigenvalue weighted by atomic mass is 16.5. The van der Waals surface area contributed by atoms with E-state index in [-0.39, 0.29) is 11.9 Å². The Morgan fingerprint density at radius 3 is 2.44 bits per heavy atom. The van der Waals surface area contributed by atoms with Gasteiger partial charge in [-0.2, -0.15) is 0 Å². The smallest absolute Gasteiger partial charge is 0.323 e. The molecule has 0 aliphatic carbocycles. The molecule has 0 saturated carbocycles. The molecule has 2 aliphatic heterocycles. The lowest BCUT2D eigenvalue weighted by molar-refractivity contribution is 0.0725. The first-order chi connectivity index (χ1) is 16.5. The molecule has 2 aliphatic rings. The number of hydrogen-bond acceptors (Lipinski definition) is 4. The summed E-state index contributed by atoms with van der Waals surface area (Å²) in [7, 11) is 0. The number of ether oxygens (including phenoxy) is 1. The van der Waals surface area contributed by atoms with Crippen LogP contribution in [0.5, 0.6) is 5.75 Å². The Bertz CT molecular complexity index is 995. The summed E-state index contributed by atoms with van der Waals surface area (Å²) >= 11 is 0. The number of nitrogens with one attached hydrogen (secondary N) is 2. The first kappa shape index (κ1) is 23.9. The molecule has 2 aromatic rings. The molecule has 0 atom stereocenters. The number of piperidine rings is 2. The molecule has 2 aromatic carbocycles. The number of carbonyl (C=O) groups is 2. The Hall–Kier alpha value is -3.22. The predicted octanol–water partition coefficient (Wildman–Crippen LogP) is 5.59. The van der Waals surface area contributed by atoms with E-state index in [4.69, 9.17) is 4.74 Å². The number of urea groups is 1. The molecule has 0 spiro atoms. The summed E-state index contributed by atoms with van der Waals surface area (Å²) in [4.78, 5) is 30.6. The number of para-hydroxylation sites is 2. The third kappa shape index (κ3) is 5.82. The van der Waals surface area contributed by atoms with E-state index in [0.29, 0.717) is 35.2 Å². The van der Waals surface area contributed by atoms with Gasteiger partial charge < -0.3 is 25.2 Å². The van der Waals surface area contributed by atoms with Crippen molar-refractivity contribution >= 4 is 29.0 Å². The molecular weight excluding hydrogens is 428 g/mol. The van der Waals surface area contributed by atoms with Crippen molar-refractivity contribution in [2.45, 2.75) is 46.0 Å². The minimum atomic E-state index is -0.372. The molecule has 182 valence electrons. The van der Waals surface area contributed by atoms with Crippen LogP contribution in [0.4, 0.5) is 21.9 Å². The van der Waals surface area contributed by atoms with Crippen molar-refractivity contribution < 1.29 is 14.3 Å². The van der Waals surface area contributed by atoms with Gasteiger partial charge in [-0.3, -0.25) is 4.79 Å². The number of carbonyl (C=O) groups excluding carboxylic acids is 2. The standard InChI is InChI=1S/C27H36N4O3/c1-3-34-25-10-6-5-9-23(25)29-27(33)28-21-11-12-24(30-17-13-20(2)14-18-30)22(19-21)26(32)31-15-7-4-8-16-31/h5-6,9-12,19-20H,3-4,7-8,13-18H2,1-2H3,(H2,28,29,33). The minimum absolute atomic E-state index is 0.0547. The summed E-state index contributed by atoms with van der Waals surface area (Å²) in [6.07, 6.45) is 5.51. The van der Waals surface area contributed by atoms with Gasteiger partial charge in [0.2, 0.25) is 0 Å².